The smallest absolute Gasteiger partial charge is 0.240 e. The highest BCUT2D eigenvalue weighted by Crippen LogP contribution is 2.47. The summed E-state index contributed by atoms with van der Waals surface area (Å²) >= 11 is 6.09. The maximum atomic E-state index is 14.2. The number of aliphatic hydroxyl groups excluding tert-OH is 1. The lowest BCUT2D eigenvalue weighted by atomic mass is 9.81. The molecule has 3 atom stereocenters. The predicted octanol–water partition coefficient (Wildman–Crippen LogP) is 5.43. The molecule has 1 amide bonds. The van der Waals surface area contributed by atoms with E-state index in [1.165, 1.54) is 19.1 Å². The lowest BCUT2D eigenvalue weighted by Crippen LogP contribution is -2.49. The third kappa shape index (κ3) is 5.03. The first kappa shape index (κ1) is 26.5. The van der Waals surface area contributed by atoms with E-state index in [2.05, 4.69) is 5.32 Å². The summed E-state index contributed by atoms with van der Waals surface area (Å²) in [6.45, 7) is 0. The maximum Gasteiger partial charge on any atom is 0.240 e. The van der Waals surface area contributed by atoms with Gasteiger partial charge in [-0.2, -0.15) is 0 Å². The van der Waals surface area contributed by atoms with E-state index in [1.807, 2.05) is 54.6 Å². The number of Topliss-reactive ketones (excluding diaryl/α,β-unsaturated/α-hetero) is 1. The van der Waals surface area contributed by atoms with E-state index in [4.69, 9.17) is 21.1 Å². The Morgan fingerprint density at radius 1 is 1.00 bits per heavy atom. The number of rotatable bonds is 8. The van der Waals surface area contributed by atoms with Crippen LogP contribution in [-0.4, -0.2) is 44.1 Å². The first-order valence-corrected chi connectivity index (χ1v) is 12.9. The SMILES string of the molecule is COc1ccc2c(c1OC)C(O)C(C(=O)C(Cc1ccc(Cl)cc1)Nc1ccc3ccccc3c1)C(=O)N2C. The number of anilines is 2. The van der Waals surface area contributed by atoms with Crippen molar-refractivity contribution in [3.05, 3.63) is 95.0 Å². The number of nitrogens with zero attached hydrogens (tertiary/aromatic N) is 1. The van der Waals surface area contributed by atoms with Crippen LogP contribution in [0.4, 0.5) is 11.4 Å². The largest absolute Gasteiger partial charge is 0.493 e. The van der Waals surface area contributed by atoms with Crippen molar-refractivity contribution in [3.8, 4) is 11.5 Å². The van der Waals surface area contributed by atoms with Gasteiger partial charge in [-0.15, -0.1) is 0 Å². The Morgan fingerprint density at radius 2 is 1.72 bits per heavy atom. The first-order chi connectivity index (χ1) is 18.8. The molecule has 3 unspecified atom stereocenters. The molecule has 1 aliphatic rings. The third-order valence-electron chi connectivity index (χ3n) is 7.22. The van der Waals surface area contributed by atoms with E-state index in [-0.39, 0.29) is 12.2 Å². The number of amides is 1. The normalized spacial score (nSPS) is 17.5. The summed E-state index contributed by atoms with van der Waals surface area (Å²) < 4.78 is 11.0. The van der Waals surface area contributed by atoms with E-state index < -0.39 is 29.8 Å². The van der Waals surface area contributed by atoms with Crippen molar-refractivity contribution in [2.45, 2.75) is 18.6 Å². The Kier molecular flexibility index (Phi) is 7.46. The Hall–Kier alpha value is -4.07. The minimum atomic E-state index is -1.42. The van der Waals surface area contributed by atoms with Crippen molar-refractivity contribution in [1.82, 2.24) is 0 Å². The summed E-state index contributed by atoms with van der Waals surface area (Å²) in [6, 6.07) is 23.5. The molecule has 0 spiro atoms. The lowest BCUT2D eigenvalue weighted by Gasteiger charge is -2.37. The summed E-state index contributed by atoms with van der Waals surface area (Å²) in [7, 11) is 4.54. The summed E-state index contributed by atoms with van der Waals surface area (Å²) in [5.74, 6) is -1.59. The van der Waals surface area contributed by atoms with Crippen molar-refractivity contribution >= 4 is 45.4 Å². The number of aliphatic hydroxyl groups is 1. The molecule has 1 heterocycles. The van der Waals surface area contributed by atoms with Crippen LogP contribution in [0.25, 0.3) is 10.8 Å². The highest BCUT2D eigenvalue weighted by atomic mass is 35.5. The number of hydrogen-bond acceptors (Lipinski definition) is 6. The molecular formula is C31H29ClN2O5. The average Bonchev–Trinajstić information content (AvgIpc) is 2.95. The summed E-state index contributed by atoms with van der Waals surface area (Å²) in [6.07, 6.45) is -1.14. The first-order valence-electron chi connectivity index (χ1n) is 12.6. The zero-order valence-corrected chi connectivity index (χ0v) is 22.6. The van der Waals surface area contributed by atoms with Gasteiger partial charge in [0.15, 0.2) is 17.3 Å². The van der Waals surface area contributed by atoms with Gasteiger partial charge in [-0.3, -0.25) is 9.59 Å². The molecule has 200 valence electrons. The summed E-state index contributed by atoms with van der Waals surface area (Å²) in [4.78, 5) is 29.1. The molecule has 0 radical (unpaired) electrons. The number of fused-ring (bicyclic) bond motifs is 2. The summed E-state index contributed by atoms with van der Waals surface area (Å²) in [5, 5.41) is 17.5. The Balaban J connectivity index is 1.54. The molecule has 39 heavy (non-hydrogen) atoms. The van der Waals surface area contributed by atoms with Gasteiger partial charge in [0.1, 0.15) is 12.0 Å². The molecule has 0 bridgehead atoms. The number of carbonyl (C=O) groups is 2. The van der Waals surface area contributed by atoms with Crippen LogP contribution in [0.2, 0.25) is 5.02 Å². The quantitative estimate of drug-likeness (QED) is 0.288. The molecule has 4 aromatic carbocycles. The van der Waals surface area contributed by atoms with Crippen LogP contribution in [0.3, 0.4) is 0 Å². The van der Waals surface area contributed by atoms with Gasteiger partial charge >= 0.3 is 0 Å². The predicted molar refractivity (Wildman–Crippen MR) is 153 cm³/mol. The van der Waals surface area contributed by atoms with Gasteiger partial charge in [-0.25, -0.2) is 0 Å². The fourth-order valence-electron chi connectivity index (χ4n) is 5.20. The van der Waals surface area contributed by atoms with Crippen molar-refractivity contribution in [1.29, 1.82) is 0 Å². The Morgan fingerprint density at radius 3 is 2.41 bits per heavy atom. The number of ether oxygens (including phenoxy) is 2. The third-order valence-corrected chi connectivity index (χ3v) is 7.48. The zero-order valence-electron chi connectivity index (χ0n) is 21.9. The Labute approximate surface area is 231 Å². The second-order valence-electron chi connectivity index (χ2n) is 9.55. The number of ketones is 1. The highest BCUT2D eigenvalue weighted by Gasteiger charge is 2.46. The second kappa shape index (κ2) is 11.0. The van der Waals surface area contributed by atoms with E-state index in [1.54, 1.807) is 31.3 Å². The van der Waals surface area contributed by atoms with Crippen molar-refractivity contribution in [2.75, 3.05) is 31.5 Å². The van der Waals surface area contributed by atoms with E-state index >= 15 is 0 Å². The van der Waals surface area contributed by atoms with Crippen molar-refractivity contribution in [3.63, 3.8) is 0 Å². The zero-order chi connectivity index (χ0) is 27.7. The molecule has 0 aromatic heterocycles. The van der Waals surface area contributed by atoms with Crippen LogP contribution in [0.1, 0.15) is 17.2 Å². The van der Waals surface area contributed by atoms with Gasteiger partial charge in [0.05, 0.1) is 31.5 Å². The topological polar surface area (TPSA) is 88.1 Å². The molecule has 1 aliphatic heterocycles. The van der Waals surface area contributed by atoms with Gasteiger partial charge in [0.2, 0.25) is 5.91 Å². The molecule has 2 N–H and O–H groups in total. The van der Waals surface area contributed by atoms with Crippen LogP contribution >= 0.6 is 11.6 Å². The second-order valence-corrected chi connectivity index (χ2v) is 9.98. The van der Waals surface area contributed by atoms with Gasteiger partial charge in [-0.1, -0.05) is 54.1 Å². The minimum absolute atomic E-state index is 0.283. The standard InChI is InChI=1S/C31H29ClN2O5/c1-34-24-14-15-25(38-2)30(39-3)26(24)29(36)27(31(34)37)28(35)23(16-18-8-11-21(32)12-9-18)33-22-13-10-19-6-4-5-7-20(19)17-22/h4-15,17,23,27,29,33,36H,16H2,1-3H3. The van der Waals surface area contributed by atoms with E-state index in [9.17, 15) is 14.7 Å². The number of benzene rings is 4. The van der Waals surface area contributed by atoms with Crippen LogP contribution in [0.15, 0.2) is 78.9 Å². The number of hydrogen-bond donors (Lipinski definition) is 2. The lowest BCUT2D eigenvalue weighted by molar-refractivity contribution is -0.138. The molecule has 8 heteroatoms. The number of halogens is 1. The van der Waals surface area contributed by atoms with E-state index in [0.29, 0.717) is 22.0 Å². The van der Waals surface area contributed by atoms with Crippen LogP contribution in [0.5, 0.6) is 11.5 Å². The molecule has 5 rings (SSSR count). The van der Waals surface area contributed by atoms with Crippen molar-refractivity contribution < 1.29 is 24.2 Å². The number of methoxy groups -OCH3 is 2. The monoisotopic (exact) mass is 544 g/mol. The average molecular weight is 545 g/mol. The van der Waals surface area contributed by atoms with Crippen LogP contribution in [0, 0.1) is 5.92 Å². The van der Waals surface area contributed by atoms with Gasteiger partial charge in [0.25, 0.3) is 0 Å². The molecule has 7 nitrogen and oxygen atoms in total. The Bertz CT molecular complexity index is 1540. The van der Waals surface area contributed by atoms with Gasteiger partial charge < -0.3 is 24.8 Å². The number of nitrogens with one attached hydrogen (secondary N) is 1. The molecular weight excluding hydrogens is 516 g/mol. The summed E-state index contributed by atoms with van der Waals surface area (Å²) in [5.41, 5.74) is 2.39. The van der Waals surface area contributed by atoms with Gasteiger partial charge in [-0.05, 0) is 59.2 Å². The van der Waals surface area contributed by atoms with Crippen molar-refractivity contribution in [2.24, 2.45) is 5.92 Å². The van der Waals surface area contributed by atoms with Gasteiger partial charge in [0, 0.05) is 17.8 Å². The molecule has 0 saturated heterocycles. The fourth-order valence-corrected chi connectivity index (χ4v) is 5.33. The van der Waals surface area contributed by atoms with Crippen LogP contribution < -0.4 is 19.7 Å². The van der Waals surface area contributed by atoms with E-state index in [0.717, 1.165) is 22.0 Å². The van der Waals surface area contributed by atoms with Crippen LogP contribution in [-0.2, 0) is 16.0 Å². The fraction of sp³-hybridized carbons (Fsp3) is 0.226. The molecule has 0 saturated carbocycles. The highest BCUT2D eigenvalue weighted by molar-refractivity contribution is 6.30. The molecule has 0 aliphatic carbocycles. The molecule has 0 fully saturated rings. The minimum Gasteiger partial charge on any atom is -0.493 e. The number of carbonyl (C=O) groups excluding carboxylic acids is 2. The maximum absolute atomic E-state index is 14.2. The molecule has 4 aromatic rings.